The second kappa shape index (κ2) is 10.3. The minimum Gasteiger partial charge on any atom is -0.497 e. The average molecular weight is 556 g/mol. The molecule has 9 nitrogen and oxygen atoms in total. The number of aromatic amines is 2. The van der Waals surface area contributed by atoms with Gasteiger partial charge in [0.25, 0.3) is 5.91 Å². The van der Waals surface area contributed by atoms with Crippen LogP contribution in [0.3, 0.4) is 0 Å². The number of nitrogens with zero attached hydrogens (tertiary/aromatic N) is 4. The maximum atomic E-state index is 14.3. The van der Waals surface area contributed by atoms with Crippen molar-refractivity contribution in [3.8, 4) is 39.4 Å². The smallest absolute Gasteiger partial charge is 0.255 e. The van der Waals surface area contributed by atoms with Gasteiger partial charge < -0.3 is 15.0 Å². The molecule has 2 aromatic carbocycles. The molecule has 0 radical (unpaired) electrons. The third-order valence-corrected chi connectivity index (χ3v) is 7.00. The van der Waals surface area contributed by atoms with Crippen molar-refractivity contribution < 1.29 is 13.9 Å². The summed E-state index contributed by atoms with van der Waals surface area (Å²) in [7, 11) is 1.50. The van der Waals surface area contributed by atoms with Gasteiger partial charge in [-0.25, -0.2) is 9.37 Å². The third kappa shape index (κ3) is 4.60. The number of halogens is 1. The van der Waals surface area contributed by atoms with Crippen LogP contribution >= 0.6 is 0 Å². The van der Waals surface area contributed by atoms with Gasteiger partial charge in [0.1, 0.15) is 17.3 Å². The van der Waals surface area contributed by atoms with Crippen molar-refractivity contribution in [1.29, 1.82) is 0 Å². The summed E-state index contributed by atoms with van der Waals surface area (Å²) >= 11 is 0. The van der Waals surface area contributed by atoms with Crippen LogP contribution in [0, 0.1) is 5.82 Å². The van der Waals surface area contributed by atoms with Crippen molar-refractivity contribution in [2.24, 2.45) is 0 Å². The van der Waals surface area contributed by atoms with Crippen LogP contribution in [0.1, 0.15) is 10.4 Å². The van der Waals surface area contributed by atoms with Crippen molar-refractivity contribution in [1.82, 2.24) is 30.1 Å². The Morgan fingerprint density at radius 2 is 1.69 bits per heavy atom. The van der Waals surface area contributed by atoms with Crippen molar-refractivity contribution in [3.63, 3.8) is 0 Å². The summed E-state index contributed by atoms with van der Waals surface area (Å²) in [6, 6.07) is 19.4. The Labute approximate surface area is 238 Å². The molecule has 1 amide bonds. The van der Waals surface area contributed by atoms with E-state index in [0.29, 0.717) is 33.9 Å². The Morgan fingerprint density at radius 3 is 2.55 bits per heavy atom. The third-order valence-electron chi connectivity index (χ3n) is 7.00. The lowest BCUT2D eigenvalue weighted by molar-refractivity contribution is 0.102. The van der Waals surface area contributed by atoms with Crippen LogP contribution in [-0.2, 0) is 0 Å². The number of ether oxygens (including phenoxy) is 1. The number of aromatic nitrogens is 6. The van der Waals surface area contributed by atoms with Gasteiger partial charge in [-0.05, 0) is 48.0 Å². The number of fused-ring (bicyclic) bond motifs is 2. The average Bonchev–Trinajstić information content (AvgIpc) is 3.65. The Bertz CT molecular complexity index is 2100. The molecule has 0 fully saturated rings. The number of anilines is 1. The highest BCUT2D eigenvalue weighted by Gasteiger charge is 2.16. The van der Waals surface area contributed by atoms with E-state index >= 15 is 0 Å². The summed E-state index contributed by atoms with van der Waals surface area (Å²) in [5, 5.41) is 12.1. The fourth-order valence-electron chi connectivity index (χ4n) is 4.97. The Balaban J connectivity index is 1.25. The summed E-state index contributed by atoms with van der Waals surface area (Å²) in [6.07, 6.45) is 8.47. The topological polar surface area (TPSA) is 121 Å². The predicted molar refractivity (Wildman–Crippen MR) is 159 cm³/mol. The molecule has 7 rings (SSSR count). The predicted octanol–water partition coefficient (Wildman–Crippen LogP) is 6.63. The largest absolute Gasteiger partial charge is 0.497 e. The van der Waals surface area contributed by atoms with Crippen molar-refractivity contribution >= 4 is 33.5 Å². The maximum Gasteiger partial charge on any atom is 0.255 e. The van der Waals surface area contributed by atoms with E-state index in [1.165, 1.54) is 19.2 Å². The number of benzene rings is 2. The first-order valence-corrected chi connectivity index (χ1v) is 13.0. The zero-order valence-electron chi connectivity index (χ0n) is 22.2. The quantitative estimate of drug-likeness (QED) is 0.212. The first-order valence-electron chi connectivity index (χ1n) is 13.0. The minimum atomic E-state index is -0.396. The number of nitrogens with one attached hydrogen (secondary N) is 3. The molecule has 42 heavy (non-hydrogen) atoms. The minimum absolute atomic E-state index is 0.218. The number of hydrogen-bond acceptors (Lipinski definition) is 6. The normalized spacial score (nSPS) is 11.2. The number of H-pyrrole nitrogens is 2. The number of carbonyl (C=O) groups excluding carboxylic acids is 1. The second-order valence-corrected chi connectivity index (χ2v) is 9.69. The number of amides is 1. The van der Waals surface area contributed by atoms with Crippen LogP contribution in [-0.4, -0.2) is 43.2 Å². The van der Waals surface area contributed by atoms with Gasteiger partial charge in [0, 0.05) is 57.7 Å². The Morgan fingerprint density at radius 1 is 0.857 bits per heavy atom. The van der Waals surface area contributed by atoms with Gasteiger partial charge in [0.05, 0.1) is 36.4 Å². The van der Waals surface area contributed by atoms with E-state index in [9.17, 15) is 9.18 Å². The highest BCUT2D eigenvalue weighted by atomic mass is 19.1. The molecule has 0 spiro atoms. The van der Waals surface area contributed by atoms with Crippen LogP contribution in [0.15, 0.2) is 97.7 Å². The van der Waals surface area contributed by atoms with E-state index in [4.69, 9.17) is 4.74 Å². The molecule has 0 bridgehead atoms. The van der Waals surface area contributed by atoms with Crippen LogP contribution in [0.4, 0.5) is 10.1 Å². The van der Waals surface area contributed by atoms with Crippen molar-refractivity contribution in [3.05, 3.63) is 109 Å². The maximum absolute atomic E-state index is 14.3. The lowest BCUT2D eigenvalue weighted by Crippen LogP contribution is -2.11. The molecule has 5 aromatic heterocycles. The van der Waals surface area contributed by atoms with Gasteiger partial charge in [-0.2, -0.15) is 5.10 Å². The molecular weight excluding hydrogens is 533 g/mol. The summed E-state index contributed by atoms with van der Waals surface area (Å²) in [5.41, 5.74) is 6.92. The van der Waals surface area contributed by atoms with E-state index in [1.54, 1.807) is 49.2 Å². The molecule has 0 aliphatic heterocycles. The molecule has 0 saturated heterocycles. The number of hydrogen-bond donors (Lipinski definition) is 3. The van der Waals surface area contributed by atoms with Crippen LogP contribution < -0.4 is 10.1 Å². The van der Waals surface area contributed by atoms with Crippen molar-refractivity contribution in [2.45, 2.75) is 0 Å². The molecule has 0 unspecified atom stereocenters. The van der Waals surface area contributed by atoms with Gasteiger partial charge in [0.2, 0.25) is 0 Å². The fourth-order valence-corrected chi connectivity index (χ4v) is 4.97. The molecule has 7 aromatic rings. The molecule has 0 aliphatic rings. The number of rotatable bonds is 6. The monoisotopic (exact) mass is 555 g/mol. The fraction of sp³-hybridized carbons (Fsp3) is 0.0312. The molecule has 0 saturated carbocycles. The lowest BCUT2D eigenvalue weighted by Gasteiger charge is -2.07. The summed E-state index contributed by atoms with van der Waals surface area (Å²) in [6.45, 7) is 0. The molecule has 3 N–H and O–H groups in total. The number of pyridine rings is 3. The zero-order valence-corrected chi connectivity index (χ0v) is 22.2. The van der Waals surface area contributed by atoms with E-state index in [0.717, 1.165) is 38.7 Å². The summed E-state index contributed by atoms with van der Waals surface area (Å²) in [4.78, 5) is 29.3. The summed E-state index contributed by atoms with van der Waals surface area (Å²) in [5.74, 6) is -0.190. The Kier molecular flexibility index (Phi) is 6.12. The zero-order chi connectivity index (χ0) is 28.6. The molecule has 5 heterocycles. The first kappa shape index (κ1) is 25.1. The van der Waals surface area contributed by atoms with Crippen LogP contribution in [0.5, 0.6) is 5.75 Å². The van der Waals surface area contributed by atoms with Gasteiger partial charge >= 0.3 is 0 Å². The van der Waals surface area contributed by atoms with E-state index < -0.39 is 5.82 Å². The molecular formula is C32H22FN7O2. The second-order valence-electron chi connectivity index (χ2n) is 9.69. The molecule has 10 heteroatoms. The van der Waals surface area contributed by atoms with Crippen molar-refractivity contribution in [2.75, 3.05) is 12.4 Å². The standard InChI is InChI=1S/C32H22FN7O2/c1-42-24-9-19(7-22(33)11-24)27-16-35-17-29-25(27)12-28(38-29)30-26-10-21(14-36-31(26)40-39-30)20-8-23(15-34-13-20)37-32(41)18-5-3-2-4-6-18/h2-17,38H,1H3,(H,37,41)(H,36,39,40). The highest BCUT2D eigenvalue weighted by Crippen LogP contribution is 2.35. The SMILES string of the molecule is COc1cc(F)cc(-c2cncc3[nH]c(-c4n[nH]c5ncc(-c6cncc(NC(=O)c7ccccc7)c6)cc45)cc23)c1. The van der Waals surface area contributed by atoms with E-state index in [2.05, 4.69) is 35.5 Å². The van der Waals surface area contributed by atoms with Gasteiger partial charge in [-0.3, -0.25) is 19.9 Å². The molecule has 0 atom stereocenters. The van der Waals surface area contributed by atoms with E-state index in [1.807, 2.05) is 36.4 Å². The van der Waals surface area contributed by atoms with Crippen LogP contribution in [0.2, 0.25) is 0 Å². The van der Waals surface area contributed by atoms with Crippen LogP contribution in [0.25, 0.3) is 55.6 Å². The number of carbonyl (C=O) groups is 1. The highest BCUT2D eigenvalue weighted by molar-refractivity contribution is 6.04. The first-order chi connectivity index (χ1) is 20.6. The lowest BCUT2D eigenvalue weighted by atomic mass is 10.0. The summed E-state index contributed by atoms with van der Waals surface area (Å²) < 4.78 is 19.6. The van der Waals surface area contributed by atoms with Gasteiger partial charge in [-0.1, -0.05) is 18.2 Å². The van der Waals surface area contributed by atoms with Gasteiger partial charge in [-0.15, -0.1) is 0 Å². The van der Waals surface area contributed by atoms with E-state index in [-0.39, 0.29) is 5.91 Å². The number of methoxy groups -OCH3 is 1. The molecule has 0 aliphatic carbocycles. The Hall–Kier alpha value is -5.90. The molecule has 204 valence electrons. The van der Waals surface area contributed by atoms with Gasteiger partial charge in [0.15, 0.2) is 5.65 Å².